The molecule has 0 saturated heterocycles. The molecule has 0 amide bonds. The van der Waals surface area contributed by atoms with Crippen LogP contribution in [0.15, 0.2) is 53.2 Å². The number of hydrogen-bond acceptors (Lipinski definition) is 3. The van der Waals surface area contributed by atoms with E-state index in [0.717, 1.165) is 22.1 Å². The molecule has 0 saturated carbocycles. The first-order valence-electron chi connectivity index (χ1n) is 5.41. The van der Waals surface area contributed by atoms with E-state index in [1.54, 1.807) is 12.3 Å². The van der Waals surface area contributed by atoms with Crippen molar-refractivity contribution in [1.82, 2.24) is 4.98 Å². The van der Waals surface area contributed by atoms with Gasteiger partial charge in [0.05, 0.1) is 0 Å². The lowest BCUT2D eigenvalue weighted by atomic mass is 10.1. The second-order valence-corrected chi connectivity index (χ2v) is 3.83. The van der Waals surface area contributed by atoms with E-state index in [-0.39, 0.29) is 6.61 Å². The van der Waals surface area contributed by atoms with Crippen LogP contribution in [0.4, 0.5) is 0 Å². The zero-order valence-electron chi connectivity index (χ0n) is 9.13. The number of pyridine rings is 1. The van der Waals surface area contributed by atoms with Crippen LogP contribution in [-0.2, 0) is 6.61 Å². The Morgan fingerprint density at radius 1 is 1.12 bits per heavy atom. The van der Waals surface area contributed by atoms with Gasteiger partial charge >= 0.3 is 0 Å². The van der Waals surface area contributed by atoms with E-state index in [9.17, 15) is 0 Å². The predicted molar refractivity (Wildman–Crippen MR) is 65.4 cm³/mol. The van der Waals surface area contributed by atoms with E-state index in [0.29, 0.717) is 5.76 Å². The van der Waals surface area contributed by atoms with Crippen LogP contribution in [0.2, 0.25) is 0 Å². The molecule has 2 aromatic heterocycles. The van der Waals surface area contributed by atoms with E-state index in [2.05, 4.69) is 4.98 Å². The SMILES string of the molecule is OCc1ccc(-c2cccc3cnccc23)o1. The van der Waals surface area contributed by atoms with E-state index < -0.39 is 0 Å². The topological polar surface area (TPSA) is 46.3 Å². The third kappa shape index (κ3) is 1.70. The van der Waals surface area contributed by atoms with Gasteiger partial charge in [-0.3, -0.25) is 4.98 Å². The van der Waals surface area contributed by atoms with Crippen LogP contribution < -0.4 is 0 Å². The molecule has 0 atom stereocenters. The molecule has 17 heavy (non-hydrogen) atoms. The summed E-state index contributed by atoms with van der Waals surface area (Å²) in [7, 11) is 0. The molecular weight excluding hydrogens is 214 g/mol. The second kappa shape index (κ2) is 4.03. The molecule has 0 unspecified atom stereocenters. The van der Waals surface area contributed by atoms with Gasteiger partial charge in [-0.15, -0.1) is 0 Å². The predicted octanol–water partition coefficient (Wildman–Crippen LogP) is 2.99. The van der Waals surface area contributed by atoms with Crippen molar-refractivity contribution in [3.8, 4) is 11.3 Å². The van der Waals surface area contributed by atoms with Gasteiger partial charge in [-0.05, 0) is 23.6 Å². The maximum Gasteiger partial charge on any atom is 0.135 e. The number of hydrogen-bond donors (Lipinski definition) is 1. The zero-order chi connectivity index (χ0) is 11.7. The minimum absolute atomic E-state index is 0.0771. The normalized spacial score (nSPS) is 10.9. The maximum atomic E-state index is 9.01. The molecule has 0 fully saturated rings. The molecule has 3 aromatic rings. The molecule has 1 N–H and O–H groups in total. The van der Waals surface area contributed by atoms with Gasteiger partial charge < -0.3 is 9.52 Å². The number of rotatable bonds is 2. The quantitative estimate of drug-likeness (QED) is 0.729. The Kier molecular flexibility index (Phi) is 2.38. The number of benzene rings is 1. The molecule has 3 heteroatoms. The highest BCUT2D eigenvalue weighted by Crippen LogP contribution is 2.29. The van der Waals surface area contributed by atoms with Crippen LogP contribution in [0.25, 0.3) is 22.1 Å². The maximum absolute atomic E-state index is 9.01. The summed E-state index contributed by atoms with van der Waals surface area (Å²) in [6.07, 6.45) is 3.59. The molecule has 3 rings (SSSR count). The van der Waals surface area contributed by atoms with Gasteiger partial charge in [0.15, 0.2) is 0 Å². The summed E-state index contributed by atoms with van der Waals surface area (Å²) in [4.78, 5) is 4.10. The summed E-state index contributed by atoms with van der Waals surface area (Å²) in [6.45, 7) is -0.0771. The van der Waals surface area contributed by atoms with Crippen molar-refractivity contribution in [3.05, 3.63) is 54.6 Å². The van der Waals surface area contributed by atoms with Crippen molar-refractivity contribution in [2.24, 2.45) is 0 Å². The van der Waals surface area contributed by atoms with E-state index >= 15 is 0 Å². The average molecular weight is 225 g/mol. The van der Waals surface area contributed by atoms with Gasteiger partial charge in [0.25, 0.3) is 0 Å². The number of aromatic nitrogens is 1. The van der Waals surface area contributed by atoms with Crippen LogP contribution in [0.5, 0.6) is 0 Å². The largest absolute Gasteiger partial charge is 0.459 e. The van der Waals surface area contributed by atoms with Crippen molar-refractivity contribution in [2.75, 3.05) is 0 Å². The summed E-state index contributed by atoms with van der Waals surface area (Å²) in [5.74, 6) is 1.34. The highest BCUT2D eigenvalue weighted by atomic mass is 16.4. The Morgan fingerprint density at radius 3 is 2.88 bits per heavy atom. The molecular formula is C14H11NO2. The molecule has 0 aliphatic carbocycles. The number of aliphatic hydroxyl groups excluding tert-OH is 1. The Bertz CT molecular complexity index is 653. The fraction of sp³-hybridized carbons (Fsp3) is 0.0714. The number of nitrogens with zero attached hydrogens (tertiary/aromatic N) is 1. The summed E-state index contributed by atoms with van der Waals surface area (Å²) < 4.78 is 5.56. The molecule has 84 valence electrons. The highest BCUT2D eigenvalue weighted by molar-refractivity contribution is 5.94. The first-order valence-corrected chi connectivity index (χ1v) is 5.41. The van der Waals surface area contributed by atoms with Crippen LogP contribution in [0.3, 0.4) is 0 Å². The zero-order valence-corrected chi connectivity index (χ0v) is 9.13. The summed E-state index contributed by atoms with van der Waals surface area (Å²) in [5, 5.41) is 11.2. The third-order valence-electron chi connectivity index (χ3n) is 2.76. The first kappa shape index (κ1) is 10.1. The first-order chi connectivity index (χ1) is 8.38. The standard InChI is InChI=1S/C14H11NO2/c16-9-11-4-5-14(17-11)13-3-1-2-10-8-15-7-6-12(10)13/h1-8,16H,9H2. The van der Waals surface area contributed by atoms with Gasteiger partial charge in [-0.1, -0.05) is 18.2 Å². The lowest BCUT2D eigenvalue weighted by molar-refractivity contribution is 0.248. The van der Waals surface area contributed by atoms with Crippen LogP contribution in [0, 0.1) is 0 Å². The lowest BCUT2D eigenvalue weighted by Gasteiger charge is -2.02. The lowest BCUT2D eigenvalue weighted by Crippen LogP contribution is -1.80. The summed E-state index contributed by atoms with van der Waals surface area (Å²) in [5.41, 5.74) is 1.02. The average Bonchev–Trinajstić information content (AvgIpc) is 2.87. The Hall–Kier alpha value is -2.13. The van der Waals surface area contributed by atoms with E-state index in [1.165, 1.54) is 0 Å². The van der Waals surface area contributed by atoms with Crippen molar-refractivity contribution in [2.45, 2.75) is 6.61 Å². The van der Waals surface area contributed by atoms with Gasteiger partial charge in [0, 0.05) is 23.3 Å². The fourth-order valence-electron chi connectivity index (χ4n) is 1.95. The fourth-order valence-corrected chi connectivity index (χ4v) is 1.95. The van der Waals surface area contributed by atoms with Gasteiger partial charge in [-0.2, -0.15) is 0 Å². The number of furan rings is 1. The van der Waals surface area contributed by atoms with Gasteiger partial charge in [0.2, 0.25) is 0 Å². The Morgan fingerprint density at radius 2 is 2.06 bits per heavy atom. The second-order valence-electron chi connectivity index (χ2n) is 3.83. The van der Waals surface area contributed by atoms with Crippen molar-refractivity contribution in [3.63, 3.8) is 0 Å². The molecule has 0 radical (unpaired) electrons. The van der Waals surface area contributed by atoms with Gasteiger partial charge in [0.1, 0.15) is 18.1 Å². The molecule has 0 bridgehead atoms. The van der Waals surface area contributed by atoms with Crippen molar-refractivity contribution >= 4 is 10.8 Å². The smallest absolute Gasteiger partial charge is 0.135 e. The summed E-state index contributed by atoms with van der Waals surface area (Å²) in [6, 6.07) is 11.6. The molecule has 0 aliphatic heterocycles. The van der Waals surface area contributed by atoms with Gasteiger partial charge in [-0.25, -0.2) is 0 Å². The van der Waals surface area contributed by atoms with Crippen LogP contribution in [0.1, 0.15) is 5.76 Å². The molecule has 0 aliphatic rings. The Balaban J connectivity index is 2.23. The van der Waals surface area contributed by atoms with Crippen LogP contribution >= 0.6 is 0 Å². The van der Waals surface area contributed by atoms with E-state index in [1.807, 2.05) is 36.5 Å². The minimum atomic E-state index is -0.0771. The molecule has 1 aromatic carbocycles. The monoisotopic (exact) mass is 225 g/mol. The summed E-state index contributed by atoms with van der Waals surface area (Å²) >= 11 is 0. The van der Waals surface area contributed by atoms with Crippen molar-refractivity contribution < 1.29 is 9.52 Å². The molecule has 2 heterocycles. The third-order valence-corrected chi connectivity index (χ3v) is 2.76. The molecule has 0 spiro atoms. The highest BCUT2D eigenvalue weighted by Gasteiger charge is 2.07. The Labute approximate surface area is 98.3 Å². The number of fused-ring (bicyclic) bond motifs is 1. The van der Waals surface area contributed by atoms with E-state index in [4.69, 9.17) is 9.52 Å². The van der Waals surface area contributed by atoms with Crippen molar-refractivity contribution in [1.29, 1.82) is 0 Å². The number of aliphatic hydroxyl groups is 1. The molecule has 3 nitrogen and oxygen atoms in total. The van der Waals surface area contributed by atoms with Crippen LogP contribution in [-0.4, -0.2) is 10.1 Å². The minimum Gasteiger partial charge on any atom is -0.459 e.